The van der Waals surface area contributed by atoms with Gasteiger partial charge in [-0.15, -0.1) is 0 Å². The lowest BCUT2D eigenvalue weighted by atomic mass is 10.0. The Bertz CT molecular complexity index is 499. The predicted molar refractivity (Wildman–Crippen MR) is 91.0 cm³/mol. The summed E-state index contributed by atoms with van der Waals surface area (Å²) in [6.07, 6.45) is 7.18. The molecule has 0 radical (unpaired) electrons. The maximum atomic E-state index is 12.2. The third-order valence-corrected chi connectivity index (χ3v) is 5.25. The van der Waals surface area contributed by atoms with E-state index in [4.69, 9.17) is 0 Å². The summed E-state index contributed by atoms with van der Waals surface area (Å²) in [6, 6.07) is 10.5. The summed E-state index contributed by atoms with van der Waals surface area (Å²) in [4.78, 5) is 14.5. The number of benzene rings is 1. The standard InChI is InChI=1S/C19H28N2O2/c22-18(15-7-2-1-3-8-15)13-17-11-6-12-21(17)14-19(23)20-16-9-4-5-10-16/h1-3,7-8,16-18,22H,4-6,9-14H2,(H,20,23). The van der Waals surface area contributed by atoms with Crippen molar-refractivity contribution in [3.63, 3.8) is 0 Å². The van der Waals surface area contributed by atoms with Crippen molar-refractivity contribution < 1.29 is 9.90 Å². The first-order valence-corrected chi connectivity index (χ1v) is 8.99. The summed E-state index contributed by atoms with van der Waals surface area (Å²) in [7, 11) is 0. The molecule has 4 heteroatoms. The van der Waals surface area contributed by atoms with Gasteiger partial charge in [-0.05, 0) is 44.2 Å². The zero-order valence-corrected chi connectivity index (χ0v) is 13.8. The molecule has 1 saturated carbocycles. The molecular formula is C19H28N2O2. The molecule has 3 rings (SSSR count). The Morgan fingerprint density at radius 1 is 1.17 bits per heavy atom. The molecule has 2 atom stereocenters. The molecule has 1 aliphatic heterocycles. The molecule has 23 heavy (non-hydrogen) atoms. The summed E-state index contributed by atoms with van der Waals surface area (Å²) in [5.41, 5.74) is 0.967. The SMILES string of the molecule is O=C(CN1CCCC1CC(O)c1ccccc1)NC1CCCC1. The number of nitrogens with one attached hydrogen (secondary N) is 1. The van der Waals surface area contributed by atoms with Crippen molar-refractivity contribution in [3.05, 3.63) is 35.9 Å². The number of hydrogen-bond acceptors (Lipinski definition) is 3. The van der Waals surface area contributed by atoms with Gasteiger partial charge in [0.2, 0.25) is 5.91 Å². The lowest BCUT2D eigenvalue weighted by molar-refractivity contribution is -0.123. The second-order valence-electron chi connectivity index (χ2n) is 6.98. The molecule has 126 valence electrons. The minimum atomic E-state index is -0.445. The van der Waals surface area contributed by atoms with Crippen LogP contribution in [-0.2, 0) is 4.79 Å². The zero-order chi connectivity index (χ0) is 16.1. The summed E-state index contributed by atoms with van der Waals surface area (Å²) < 4.78 is 0. The Labute approximate surface area is 138 Å². The highest BCUT2D eigenvalue weighted by Crippen LogP contribution is 2.27. The number of aliphatic hydroxyl groups excluding tert-OH is 1. The Kier molecular flexibility index (Phi) is 5.68. The second kappa shape index (κ2) is 7.93. The fourth-order valence-electron chi connectivity index (χ4n) is 3.97. The van der Waals surface area contributed by atoms with Crippen LogP contribution >= 0.6 is 0 Å². The van der Waals surface area contributed by atoms with E-state index in [2.05, 4.69) is 10.2 Å². The van der Waals surface area contributed by atoms with Crippen LogP contribution in [0.3, 0.4) is 0 Å². The van der Waals surface area contributed by atoms with Crippen LogP contribution in [-0.4, -0.2) is 41.1 Å². The minimum Gasteiger partial charge on any atom is -0.388 e. The number of carbonyl (C=O) groups is 1. The molecule has 0 aromatic heterocycles. The van der Waals surface area contributed by atoms with Gasteiger partial charge >= 0.3 is 0 Å². The average Bonchev–Trinajstić information content (AvgIpc) is 3.21. The molecular weight excluding hydrogens is 288 g/mol. The topological polar surface area (TPSA) is 52.6 Å². The summed E-state index contributed by atoms with van der Waals surface area (Å²) >= 11 is 0. The Morgan fingerprint density at radius 2 is 1.91 bits per heavy atom. The van der Waals surface area contributed by atoms with E-state index in [1.807, 2.05) is 30.3 Å². The van der Waals surface area contributed by atoms with Crippen LogP contribution in [0.15, 0.2) is 30.3 Å². The van der Waals surface area contributed by atoms with Crippen molar-refractivity contribution in [3.8, 4) is 0 Å². The first kappa shape index (κ1) is 16.5. The van der Waals surface area contributed by atoms with E-state index in [0.29, 0.717) is 25.0 Å². The molecule has 2 unspecified atom stereocenters. The van der Waals surface area contributed by atoms with Gasteiger partial charge in [0.1, 0.15) is 0 Å². The third-order valence-electron chi connectivity index (χ3n) is 5.25. The van der Waals surface area contributed by atoms with Crippen LogP contribution in [0.25, 0.3) is 0 Å². The van der Waals surface area contributed by atoms with Crippen molar-refractivity contribution in [2.45, 2.75) is 63.1 Å². The molecule has 1 aromatic rings. The monoisotopic (exact) mass is 316 g/mol. The summed E-state index contributed by atoms with van der Waals surface area (Å²) in [5, 5.41) is 13.6. The summed E-state index contributed by atoms with van der Waals surface area (Å²) in [5.74, 6) is 0.151. The van der Waals surface area contributed by atoms with E-state index in [-0.39, 0.29) is 5.91 Å². The van der Waals surface area contributed by atoms with Gasteiger partial charge in [-0.3, -0.25) is 9.69 Å². The summed E-state index contributed by atoms with van der Waals surface area (Å²) in [6.45, 7) is 1.44. The number of likely N-dealkylation sites (tertiary alicyclic amines) is 1. The molecule has 1 aromatic carbocycles. The number of rotatable bonds is 6. The minimum absolute atomic E-state index is 0.151. The largest absolute Gasteiger partial charge is 0.388 e. The molecule has 2 N–H and O–H groups in total. The van der Waals surface area contributed by atoms with Gasteiger partial charge in [-0.2, -0.15) is 0 Å². The van der Waals surface area contributed by atoms with E-state index in [0.717, 1.165) is 37.8 Å². The lowest BCUT2D eigenvalue weighted by Crippen LogP contribution is -2.43. The number of carbonyl (C=O) groups excluding carboxylic acids is 1. The van der Waals surface area contributed by atoms with Crippen molar-refractivity contribution >= 4 is 5.91 Å². The van der Waals surface area contributed by atoms with Crippen LogP contribution < -0.4 is 5.32 Å². The highest BCUT2D eigenvalue weighted by atomic mass is 16.3. The zero-order valence-electron chi connectivity index (χ0n) is 13.8. The number of hydrogen-bond donors (Lipinski definition) is 2. The molecule has 4 nitrogen and oxygen atoms in total. The fourth-order valence-corrected chi connectivity index (χ4v) is 3.97. The fraction of sp³-hybridized carbons (Fsp3) is 0.632. The normalized spacial score (nSPS) is 24.0. The van der Waals surface area contributed by atoms with Crippen molar-refractivity contribution in [2.24, 2.45) is 0 Å². The van der Waals surface area contributed by atoms with Gasteiger partial charge < -0.3 is 10.4 Å². The Morgan fingerprint density at radius 3 is 2.65 bits per heavy atom. The van der Waals surface area contributed by atoms with Gasteiger partial charge in [0, 0.05) is 12.1 Å². The highest BCUT2D eigenvalue weighted by Gasteiger charge is 2.29. The molecule has 1 aliphatic carbocycles. The molecule has 1 heterocycles. The van der Waals surface area contributed by atoms with Crippen LogP contribution in [0, 0.1) is 0 Å². The first-order valence-electron chi connectivity index (χ1n) is 8.99. The quantitative estimate of drug-likeness (QED) is 0.848. The van der Waals surface area contributed by atoms with Crippen LogP contribution in [0.4, 0.5) is 0 Å². The second-order valence-corrected chi connectivity index (χ2v) is 6.98. The molecule has 0 spiro atoms. The van der Waals surface area contributed by atoms with Crippen molar-refractivity contribution in [1.82, 2.24) is 10.2 Å². The van der Waals surface area contributed by atoms with Gasteiger partial charge in [0.05, 0.1) is 12.6 Å². The van der Waals surface area contributed by atoms with Crippen molar-refractivity contribution in [1.29, 1.82) is 0 Å². The van der Waals surface area contributed by atoms with E-state index in [1.165, 1.54) is 12.8 Å². The molecule has 1 amide bonds. The number of amides is 1. The third kappa shape index (κ3) is 4.55. The van der Waals surface area contributed by atoms with Crippen molar-refractivity contribution in [2.75, 3.05) is 13.1 Å². The number of aliphatic hydroxyl groups is 1. The molecule has 0 bridgehead atoms. The molecule has 1 saturated heterocycles. The average molecular weight is 316 g/mol. The smallest absolute Gasteiger partial charge is 0.234 e. The van der Waals surface area contributed by atoms with Crippen LogP contribution in [0.2, 0.25) is 0 Å². The first-order chi connectivity index (χ1) is 11.2. The Hall–Kier alpha value is -1.39. The van der Waals surface area contributed by atoms with Gasteiger partial charge in [0.15, 0.2) is 0 Å². The van der Waals surface area contributed by atoms with E-state index >= 15 is 0 Å². The molecule has 2 fully saturated rings. The van der Waals surface area contributed by atoms with Gasteiger partial charge in [-0.25, -0.2) is 0 Å². The van der Waals surface area contributed by atoms with E-state index in [1.54, 1.807) is 0 Å². The van der Waals surface area contributed by atoms with Gasteiger partial charge in [0.25, 0.3) is 0 Å². The molecule has 2 aliphatic rings. The van der Waals surface area contributed by atoms with E-state index < -0.39 is 6.10 Å². The van der Waals surface area contributed by atoms with Crippen LogP contribution in [0.5, 0.6) is 0 Å². The maximum absolute atomic E-state index is 12.2. The maximum Gasteiger partial charge on any atom is 0.234 e. The predicted octanol–water partition coefficient (Wildman–Crippen LogP) is 2.63. The van der Waals surface area contributed by atoms with Gasteiger partial charge in [-0.1, -0.05) is 43.2 Å². The van der Waals surface area contributed by atoms with E-state index in [9.17, 15) is 9.90 Å². The lowest BCUT2D eigenvalue weighted by Gasteiger charge is -2.26. The highest BCUT2D eigenvalue weighted by molar-refractivity contribution is 5.78. The Balaban J connectivity index is 1.50. The van der Waals surface area contributed by atoms with Crippen LogP contribution in [0.1, 0.15) is 56.6 Å². The number of nitrogens with zero attached hydrogens (tertiary/aromatic N) is 1.